The van der Waals surface area contributed by atoms with Crippen molar-refractivity contribution in [3.8, 4) is 17.5 Å². The van der Waals surface area contributed by atoms with Gasteiger partial charge in [0.2, 0.25) is 11.8 Å². The van der Waals surface area contributed by atoms with Crippen LogP contribution in [0.4, 0.5) is 5.69 Å². The summed E-state index contributed by atoms with van der Waals surface area (Å²) in [7, 11) is 1.54. The molecular formula is C12H11BrN2O2. The fraction of sp³-hybridized carbons (Fsp3) is 0.0833. The molecule has 1 aromatic carbocycles. The Hall–Kier alpha value is -1.75. The summed E-state index contributed by atoms with van der Waals surface area (Å²) >= 11 is 3.35. The normalized spacial score (nSPS) is 10.0. The minimum Gasteiger partial charge on any atom is -0.481 e. The minimum absolute atomic E-state index is 0.340. The van der Waals surface area contributed by atoms with E-state index in [0.717, 1.165) is 4.47 Å². The van der Waals surface area contributed by atoms with Crippen LogP contribution in [0.1, 0.15) is 0 Å². The zero-order valence-electron chi connectivity index (χ0n) is 9.18. The number of aromatic nitrogens is 1. The molecule has 1 heterocycles. The third-order valence-corrected chi connectivity index (χ3v) is 2.63. The molecule has 0 aliphatic heterocycles. The molecule has 0 aliphatic carbocycles. The number of benzene rings is 1. The van der Waals surface area contributed by atoms with Crippen LogP contribution in [0, 0.1) is 0 Å². The number of rotatable bonds is 3. The molecule has 0 unspecified atom stereocenters. The van der Waals surface area contributed by atoms with Crippen LogP contribution in [0.2, 0.25) is 0 Å². The van der Waals surface area contributed by atoms with Crippen LogP contribution in [0.15, 0.2) is 40.9 Å². The Labute approximate surface area is 108 Å². The maximum Gasteiger partial charge on any atom is 0.246 e. The van der Waals surface area contributed by atoms with E-state index in [1.54, 1.807) is 19.2 Å². The van der Waals surface area contributed by atoms with Crippen molar-refractivity contribution < 1.29 is 9.47 Å². The van der Waals surface area contributed by atoms with Gasteiger partial charge in [0.1, 0.15) is 5.75 Å². The maximum absolute atomic E-state index is 5.77. The van der Waals surface area contributed by atoms with Gasteiger partial charge in [-0.25, -0.2) is 0 Å². The van der Waals surface area contributed by atoms with E-state index in [4.69, 9.17) is 15.2 Å². The second-order valence-electron chi connectivity index (χ2n) is 3.30. The predicted molar refractivity (Wildman–Crippen MR) is 69.4 cm³/mol. The number of hydrogen-bond donors (Lipinski definition) is 1. The molecule has 0 amide bonds. The summed E-state index contributed by atoms with van der Waals surface area (Å²) in [5.74, 6) is 1.47. The number of pyridine rings is 1. The smallest absolute Gasteiger partial charge is 0.246 e. The first-order valence-corrected chi connectivity index (χ1v) is 5.72. The van der Waals surface area contributed by atoms with Crippen LogP contribution in [0.5, 0.6) is 17.5 Å². The van der Waals surface area contributed by atoms with E-state index in [-0.39, 0.29) is 0 Å². The molecule has 88 valence electrons. The number of hydrogen-bond acceptors (Lipinski definition) is 4. The average Bonchev–Trinajstić information content (AvgIpc) is 2.35. The molecule has 0 atom stereocenters. The van der Waals surface area contributed by atoms with E-state index in [2.05, 4.69) is 20.9 Å². The van der Waals surface area contributed by atoms with Gasteiger partial charge >= 0.3 is 0 Å². The molecule has 0 bridgehead atoms. The molecule has 0 saturated heterocycles. The highest BCUT2D eigenvalue weighted by atomic mass is 79.9. The van der Waals surface area contributed by atoms with Crippen LogP contribution in [-0.4, -0.2) is 12.1 Å². The Morgan fingerprint density at radius 2 is 1.82 bits per heavy atom. The molecular weight excluding hydrogens is 284 g/mol. The number of nitrogens with zero attached hydrogens (tertiary/aromatic N) is 1. The fourth-order valence-corrected chi connectivity index (χ4v) is 1.51. The van der Waals surface area contributed by atoms with E-state index < -0.39 is 0 Å². The van der Waals surface area contributed by atoms with Gasteiger partial charge in [0.05, 0.1) is 12.8 Å². The van der Waals surface area contributed by atoms with Crippen molar-refractivity contribution in [2.45, 2.75) is 0 Å². The summed E-state index contributed by atoms with van der Waals surface area (Å²) in [4.78, 5) is 4.13. The van der Waals surface area contributed by atoms with Gasteiger partial charge in [0, 0.05) is 10.5 Å². The van der Waals surface area contributed by atoms with Crippen LogP contribution < -0.4 is 15.2 Å². The van der Waals surface area contributed by atoms with Gasteiger partial charge in [-0.1, -0.05) is 15.9 Å². The van der Waals surface area contributed by atoms with Crippen LogP contribution >= 0.6 is 15.9 Å². The molecule has 2 N–H and O–H groups in total. The Morgan fingerprint density at radius 1 is 1.12 bits per heavy atom. The van der Waals surface area contributed by atoms with Crippen molar-refractivity contribution in [3.63, 3.8) is 0 Å². The highest BCUT2D eigenvalue weighted by Gasteiger charge is 2.06. The number of nitrogens with two attached hydrogens (primary N) is 1. The molecule has 0 saturated carbocycles. The molecule has 0 spiro atoms. The van der Waals surface area contributed by atoms with E-state index >= 15 is 0 Å². The third kappa shape index (κ3) is 2.88. The first-order chi connectivity index (χ1) is 8.19. The number of methoxy groups -OCH3 is 1. The third-order valence-electron chi connectivity index (χ3n) is 2.10. The van der Waals surface area contributed by atoms with Gasteiger partial charge in [0.25, 0.3) is 0 Å². The highest BCUT2D eigenvalue weighted by molar-refractivity contribution is 9.10. The molecule has 4 nitrogen and oxygen atoms in total. The van der Waals surface area contributed by atoms with Crippen molar-refractivity contribution in [2.75, 3.05) is 12.8 Å². The fourth-order valence-electron chi connectivity index (χ4n) is 1.24. The van der Waals surface area contributed by atoms with Gasteiger partial charge in [-0.2, -0.15) is 4.98 Å². The number of anilines is 1. The molecule has 17 heavy (non-hydrogen) atoms. The largest absolute Gasteiger partial charge is 0.481 e. The molecule has 2 rings (SSSR count). The first kappa shape index (κ1) is 11.7. The second-order valence-corrected chi connectivity index (χ2v) is 4.22. The Bertz CT molecular complexity index is 514. The number of halogens is 1. The second kappa shape index (κ2) is 5.05. The first-order valence-electron chi connectivity index (χ1n) is 4.93. The minimum atomic E-state index is 0.340. The topological polar surface area (TPSA) is 57.4 Å². The lowest BCUT2D eigenvalue weighted by molar-refractivity contribution is 0.384. The van der Waals surface area contributed by atoms with E-state index in [1.165, 1.54) is 0 Å². The van der Waals surface area contributed by atoms with Crippen LogP contribution in [0.3, 0.4) is 0 Å². The molecule has 1 aromatic heterocycles. The monoisotopic (exact) mass is 294 g/mol. The molecule has 5 heteroatoms. The highest BCUT2D eigenvalue weighted by Crippen LogP contribution is 2.28. The average molecular weight is 295 g/mol. The van der Waals surface area contributed by atoms with Crippen molar-refractivity contribution >= 4 is 21.6 Å². The van der Waals surface area contributed by atoms with E-state index in [9.17, 15) is 0 Å². The predicted octanol–water partition coefficient (Wildman–Crippen LogP) is 3.23. The SMILES string of the molecule is COc1ccc(N)c(Oc2ccc(Br)cc2)n1. The van der Waals surface area contributed by atoms with Gasteiger partial charge < -0.3 is 15.2 Å². The van der Waals surface area contributed by atoms with Gasteiger partial charge in [-0.3, -0.25) is 0 Å². The van der Waals surface area contributed by atoms with Gasteiger partial charge in [0.15, 0.2) is 0 Å². The van der Waals surface area contributed by atoms with Crippen molar-refractivity contribution in [1.29, 1.82) is 0 Å². The number of nitrogen functional groups attached to an aromatic ring is 1. The summed E-state index contributed by atoms with van der Waals surface area (Å²) in [6.07, 6.45) is 0. The number of ether oxygens (including phenoxy) is 2. The zero-order valence-corrected chi connectivity index (χ0v) is 10.8. The summed E-state index contributed by atoms with van der Waals surface area (Å²) in [6.45, 7) is 0. The Balaban J connectivity index is 2.25. The van der Waals surface area contributed by atoms with E-state index in [0.29, 0.717) is 23.2 Å². The Kier molecular flexibility index (Phi) is 3.49. The lowest BCUT2D eigenvalue weighted by atomic mass is 10.3. The van der Waals surface area contributed by atoms with Crippen molar-refractivity contribution in [1.82, 2.24) is 4.98 Å². The standard InChI is InChI=1S/C12H11BrN2O2/c1-16-11-7-6-10(14)12(15-11)17-9-4-2-8(13)3-5-9/h2-7H,14H2,1H3. The summed E-state index contributed by atoms with van der Waals surface area (Å²) in [5, 5.41) is 0. The van der Waals surface area contributed by atoms with Crippen LogP contribution in [0.25, 0.3) is 0 Å². The van der Waals surface area contributed by atoms with Gasteiger partial charge in [-0.15, -0.1) is 0 Å². The van der Waals surface area contributed by atoms with Crippen LogP contribution in [-0.2, 0) is 0 Å². The lowest BCUT2D eigenvalue weighted by Crippen LogP contribution is -1.97. The Morgan fingerprint density at radius 3 is 2.47 bits per heavy atom. The molecule has 0 aliphatic rings. The summed E-state index contributed by atoms with van der Waals surface area (Å²) in [6, 6.07) is 10.8. The maximum atomic E-state index is 5.77. The molecule has 0 fully saturated rings. The summed E-state index contributed by atoms with van der Waals surface area (Å²) in [5.41, 5.74) is 6.24. The molecule has 0 radical (unpaired) electrons. The van der Waals surface area contributed by atoms with Gasteiger partial charge in [-0.05, 0) is 30.3 Å². The molecule has 2 aromatic rings. The summed E-state index contributed by atoms with van der Waals surface area (Å²) < 4.78 is 11.6. The quantitative estimate of drug-likeness (QED) is 0.944. The van der Waals surface area contributed by atoms with Crippen molar-refractivity contribution in [2.24, 2.45) is 0 Å². The van der Waals surface area contributed by atoms with Crippen molar-refractivity contribution in [3.05, 3.63) is 40.9 Å². The zero-order chi connectivity index (χ0) is 12.3. The van der Waals surface area contributed by atoms with E-state index in [1.807, 2.05) is 24.3 Å². The lowest BCUT2D eigenvalue weighted by Gasteiger charge is -2.08.